The summed E-state index contributed by atoms with van der Waals surface area (Å²) in [6.45, 7) is 5.88. The summed E-state index contributed by atoms with van der Waals surface area (Å²) in [5.74, 6) is 0.0202. The predicted octanol–water partition coefficient (Wildman–Crippen LogP) is 2.18. The van der Waals surface area contributed by atoms with Crippen molar-refractivity contribution in [1.29, 1.82) is 0 Å². The van der Waals surface area contributed by atoms with E-state index >= 15 is 0 Å². The van der Waals surface area contributed by atoms with Crippen molar-refractivity contribution in [1.82, 2.24) is 24.6 Å². The second-order valence-corrected chi connectivity index (χ2v) is 6.76. The van der Waals surface area contributed by atoms with E-state index in [2.05, 4.69) is 26.9 Å². The molecular formula is C18H25N5O2. The topological polar surface area (TPSA) is 84.1 Å². The Hall–Kier alpha value is -2.28. The van der Waals surface area contributed by atoms with Crippen molar-refractivity contribution >= 4 is 5.97 Å². The van der Waals surface area contributed by atoms with Gasteiger partial charge in [-0.15, -0.1) is 0 Å². The van der Waals surface area contributed by atoms with E-state index in [0.717, 1.165) is 43.1 Å². The Morgan fingerprint density at radius 2 is 2.16 bits per heavy atom. The second kappa shape index (κ2) is 7.31. The fourth-order valence-corrected chi connectivity index (χ4v) is 3.40. The van der Waals surface area contributed by atoms with Crippen LogP contribution in [0.1, 0.15) is 53.8 Å². The van der Waals surface area contributed by atoms with Crippen molar-refractivity contribution in [3.63, 3.8) is 0 Å². The molecule has 7 heteroatoms. The van der Waals surface area contributed by atoms with Crippen LogP contribution in [0.5, 0.6) is 0 Å². The lowest BCUT2D eigenvalue weighted by atomic mass is 10.1. The molecule has 0 aliphatic carbocycles. The molecule has 0 spiro atoms. The molecule has 1 fully saturated rings. The standard InChI is InChI=1S/C18H25N5O2/c1-12-9-15(6-7-17(24)25)21-18(20-12)16-5-4-8-23(16)11-14-10-19-22(3)13(14)2/h9-10,16H,4-8,11H2,1-3H3,(H,24,25). The molecule has 0 saturated carbocycles. The summed E-state index contributed by atoms with van der Waals surface area (Å²) in [6.07, 6.45) is 4.62. The van der Waals surface area contributed by atoms with E-state index in [1.165, 1.54) is 11.3 Å². The van der Waals surface area contributed by atoms with E-state index in [1.807, 2.05) is 30.9 Å². The Bertz CT molecular complexity index is 771. The van der Waals surface area contributed by atoms with E-state index in [9.17, 15) is 4.79 Å². The number of carboxylic acids is 1. The highest BCUT2D eigenvalue weighted by molar-refractivity contribution is 5.66. The van der Waals surface area contributed by atoms with Crippen molar-refractivity contribution in [2.24, 2.45) is 7.05 Å². The number of carbonyl (C=O) groups is 1. The van der Waals surface area contributed by atoms with Gasteiger partial charge in [-0.25, -0.2) is 9.97 Å². The molecule has 2 aromatic heterocycles. The SMILES string of the molecule is Cc1cc(CCC(=O)O)nc(C2CCCN2Cc2cnn(C)c2C)n1. The maximum Gasteiger partial charge on any atom is 0.303 e. The summed E-state index contributed by atoms with van der Waals surface area (Å²) in [5.41, 5.74) is 4.12. The number of rotatable bonds is 6. The van der Waals surface area contributed by atoms with Crippen LogP contribution in [0.3, 0.4) is 0 Å². The van der Waals surface area contributed by atoms with Gasteiger partial charge >= 0.3 is 5.97 Å². The minimum absolute atomic E-state index is 0.0964. The number of hydrogen-bond acceptors (Lipinski definition) is 5. The maximum atomic E-state index is 10.8. The van der Waals surface area contributed by atoms with Gasteiger partial charge in [0.2, 0.25) is 0 Å². The van der Waals surface area contributed by atoms with Gasteiger partial charge in [-0.1, -0.05) is 0 Å². The summed E-state index contributed by atoms with van der Waals surface area (Å²) < 4.78 is 1.90. The Morgan fingerprint density at radius 3 is 2.84 bits per heavy atom. The van der Waals surface area contributed by atoms with Gasteiger partial charge in [0, 0.05) is 42.7 Å². The average molecular weight is 343 g/mol. The zero-order valence-corrected chi connectivity index (χ0v) is 15.1. The lowest BCUT2D eigenvalue weighted by Gasteiger charge is -2.23. The van der Waals surface area contributed by atoms with Crippen LogP contribution < -0.4 is 0 Å². The van der Waals surface area contributed by atoms with Crippen molar-refractivity contribution in [3.05, 3.63) is 40.7 Å². The fraction of sp³-hybridized carbons (Fsp3) is 0.556. The summed E-state index contributed by atoms with van der Waals surface area (Å²) in [5, 5.41) is 13.2. The summed E-state index contributed by atoms with van der Waals surface area (Å²) >= 11 is 0. The number of hydrogen-bond donors (Lipinski definition) is 1. The van der Waals surface area contributed by atoms with Gasteiger partial charge in [0.05, 0.1) is 18.7 Å². The Kier molecular flexibility index (Phi) is 5.13. The molecule has 25 heavy (non-hydrogen) atoms. The van der Waals surface area contributed by atoms with Crippen molar-refractivity contribution < 1.29 is 9.90 Å². The van der Waals surface area contributed by atoms with E-state index in [0.29, 0.717) is 6.42 Å². The number of likely N-dealkylation sites (tertiary alicyclic amines) is 1. The van der Waals surface area contributed by atoms with Gasteiger partial charge in [-0.05, 0) is 39.3 Å². The Balaban J connectivity index is 1.79. The molecule has 1 atom stereocenters. The Morgan fingerprint density at radius 1 is 1.36 bits per heavy atom. The van der Waals surface area contributed by atoms with Crippen LogP contribution in [0.2, 0.25) is 0 Å². The highest BCUT2D eigenvalue weighted by atomic mass is 16.4. The molecule has 2 aromatic rings. The maximum absolute atomic E-state index is 10.8. The predicted molar refractivity (Wildman–Crippen MR) is 93.1 cm³/mol. The van der Waals surface area contributed by atoms with Gasteiger partial charge in [-0.2, -0.15) is 5.10 Å². The third-order valence-electron chi connectivity index (χ3n) is 4.89. The largest absolute Gasteiger partial charge is 0.481 e. The lowest BCUT2D eigenvalue weighted by molar-refractivity contribution is -0.136. The molecule has 1 aliphatic heterocycles. The van der Waals surface area contributed by atoms with Crippen LogP contribution in [0, 0.1) is 13.8 Å². The number of nitrogens with zero attached hydrogens (tertiary/aromatic N) is 5. The van der Waals surface area contributed by atoms with Gasteiger partial charge in [-0.3, -0.25) is 14.4 Å². The van der Waals surface area contributed by atoms with E-state index in [1.54, 1.807) is 0 Å². The molecule has 1 aliphatic rings. The van der Waals surface area contributed by atoms with Crippen LogP contribution in [-0.2, 0) is 24.8 Å². The molecule has 0 amide bonds. The third-order valence-corrected chi connectivity index (χ3v) is 4.89. The molecule has 3 heterocycles. The second-order valence-electron chi connectivity index (χ2n) is 6.76. The molecule has 1 unspecified atom stereocenters. The number of aromatic nitrogens is 4. The number of aryl methyl sites for hydroxylation is 3. The highest BCUT2D eigenvalue weighted by Gasteiger charge is 2.29. The number of aliphatic carboxylic acids is 1. The van der Waals surface area contributed by atoms with Crippen LogP contribution in [0.15, 0.2) is 12.3 Å². The number of carboxylic acid groups (broad SMARTS) is 1. The molecule has 1 saturated heterocycles. The van der Waals surface area contributed by atoms with Crippen molar-refractivity contribution in [3.8, 4) is 0 Å². The van der Waals surface area contributed by atoms with Crippen molar-refractivity contribution in [2.75, 3.05) is 6.54 Å². The first-order valence-electron chi connectivity index (χ1n) is 8.72. The van der Waals surface area contributed by atoms with E-state index in [4.69, 9.17) is 5.11 Å². The first-order valence-corrected chi connectivity index (χ1v) is 8.72. The third kappa shape index (κ3) is 4.04. The van der Waals surface area contributed by atoms with E-state index < -0.39 is 5.97 Å². The van der Waals surface area contributed by atoms with Crippen molar-refractivity contribution in [2.45, 2.75) is 52.1 Å². The smallest absolute Gasteiger partial charge is 0.303 e. The molecule has 0 aromatic carbocycles. The molecule has 0 radical (unpaired) electrons. The first-order chi connectivity index (χ1) is 11.9. The first kappa shape index (κ1) is 17.5. The van der Waals surface area contributed by atoms with Crippen LogP contribution in [0.4, 0.5) is 0 Å². The summed E-state index contributed by atoms with van der Waals surface area (Å²) in [4.78, 5) is 22.5. The van der Waals surface area contributed by atoms with Crippen LogP contribution in [0.25, 0.3) is 0 Å². The molecule has 7 nitrogen and oxygen atoms in total. The highest BCUT2D eigenvalue weighted by Crippen LogP contribution is 2.32. The minimum atomic E-state index is -0.799. The van der Waals surface area contributed by atoms with Gasteiger partial charge < -0.3 is 5.11 Å². The lowest BCUT2D eigenvalue weighted by Crippen LogP contribution is -2.25. The van der Waals surface area contributed by atoms with E-state index in [-0.39, 0.29) is 12.5 Å². The molecule has 1 N–H and O–H groups in total. The van der Waals surface area contributed by atoms with Gasteiger partial charge in [0.15, 0.2) is 0 Å². The van der Waals surface area contributed by atoms with Gasteiger partial charge in [0.1, 0.15) is 5.82 Å². The summed E-state index contributed by atoms with van der Waals surface area (Å²) in [6, 6.07) is 2.07. The zero-order valence-electron chi connectivity index (χ0n) is 15.1. The normalized spacial score (nSPS) is 18.0. The monoisotopic (exact) mass is 343 g/mol. The van der Waals surface area contributed by atoms with Gasteiger partial charge in [0.25, 0.3) is 0 Å². The Labute approximate surface area is 147 Å². The minimum Gasteiger partial charge on any atom is -0.481 e. The quantitative estimate of drug-likeness (QED) is 0.865. The molecular weight excluding hydrogens is 318 g/mol. The zero-order chi connectivity index (χ0) is 18.0. The molecule has 0 bridgehead atoms. The van der Waals surface area contributed by atoms with Crippen LogP contribution in [-0.4, -0.2) is 42.3 Å². The molecule has 134 valence electrons. The van der Waals surface area contributed by atoms with Crippen LogP contribution >= 0.6 is 0 Å². The fourth-order valence-electron chi connectivity index (χ4n) is 3.40. The summed E-state index contributed by atoms with van der Waals surface area (Å²) in [7, 11) is 1.96. The average Bonchev–Trinajstić information content (AvgIpc) is 3.15. The molecule has 3 rings (SSSR count).